The fraction of sp³-hybridized carbons (Fsp3) is 0.250. The lowest BCUT2D eigenvalue weighted by molar-refractivity contribution is 0.109. The Bertz CT molecular complexity index is 895. The maximum Gasteiger partial charge on any atom is 0.323 e. The van der Waals surface area contributed by atoms with Gasteiger partial charge in [-0.1, -0.05) is 6.07 Å². The molecule has 0 spiro atoms. The van der Waals surface area contributed by atoms with Gasteiger partial charge in [0.25, 0.3) is 0 Å². The zero-order valence-corrected chi connectivity index (χ0v) is 12.4. The molecule has 0 aliphatic carbocycles. The number of hydrogen-bond donors (Lipinski definition) is 2. The molecule has 6 nitrogen and oxygen atoms in total. The summed E-state index contributed by atoms with van der Waals surface area (Å²) in [4.78, 5) is 23.6. The smallest absolute Gasteiger partial charge is 0.323 e. The molecule has 112 valence electrons. The molecule has 3 aromatic rings. The molecule has 0 radical (unpaired) electrons. The van der Waals surface area contributed by atoms with Crippen molar-refractivity contribution in [2.75, 3.05) is 11.4 Å². The van der Waals surface area contributed by atoms with Gasteiger partial charge in [0.05, 0.1) is 23.3 Å². The molecule has 1 aliphatic heterocycles. The van der Waals surface area contributed by atoms with Gasteiger partial charge in [-0.15, -0.1) is 0 Å². The minimum Gasteiger partial charge on any atom is -0.484 e. The van der Waals surface area contributed by atoms with Crippen molar-refractivity contribution in [1.29, 1.82) is 0 Å². The molecule has 6 heteroatoms. The number of ether oxygens (including phenoxy) is 1. The molecular weight excluding hydrogens is 280 g/mol. The second kappa shape index (κ2) is 4.37. The van der Waals surface area contributed by atoms with E-state index in [-0.39, 0.29) is 11.3 Å². The van der Waals surface area contributed by atoms with E-state index in [0.717, 1.165) is 28.3 Å². The summed E-state index contributed by atoms with van der Waals surface area (Å²) < 4.78 is 6.08. The van der Waals surface area contributed by atoms with Gasteiger partial charge in [0, 0.05) is 12.3 Å². The molecule has 22 heavy (non-hydrogen) atoms. The van der Waals surface area contributed by atoms with Crippen molar-refractivity contribution in [2.45, 2.75) is 19.4 Å². The van der Waals surface area contributed by atoms with E-state index in [0.29, 0.717) is 6.54 Å². The minimum atomic E-state index is -0.352. The number of anilines is 2. The first-order valence-corrected chi connectivity index (χ1v) is 7.15. The largest absolute Gasteiger partial charge is 0.484 e. The molecule has 1 aliphatic rings. The van der Waals surface area contributed by atoms with Gasteiger partial charge in [-0.3, -0.25) is 0 Å². The Morgan fingerprint density at radius 1 is 1.23 bits per heavy atom. The predicted molar refractivity (Wildman–Crippen MR) is 84.9 cm³/mol. The minimum absolute atomic E-state index is 0.221. The maximum absolute atomic E-state index is 11.5. The van der Waals surface area contributed by atoms with Crippen LogP contribution < -0.4 is 15.3 Å². The number of benzene rings is 1. The molecule has 0 bridgehead atoms. The van der Waals surface area contributed by atoms with Crippen LogP contribution in [0.15, 0.2) is 41.3 Å². The molecule has 1 aromatic carbocycles. The topological polar surface area (TPSA) is 74.0 Å². The van der Waals surface area contributed by atoms with Crippen molar-refractivity contribution in [3.05, 3.63) is 47.0 Å². The van der Waals surface area contributed by atoms with Crippen molar-refractivity contribution in [3.63, 3.8) is 0 Å². The number of aromatic nitrogens is 3. The van der Waals surface area contributed by atoms with E-state index in [9.17, 15) is 4.79 Å². The zero-order chi connectivity index (χ0) is 15.3. The molecular formula is C16H16N4O2. The molecule has 0 atom stereocenters. The van der Waals surface area contributed by atoms with Gasteiger partial charge < -0.3 is 19.6 Å². The van der Waals surface area contributed by atoms with E-state index in [2.05, 4.69) is 19.9 Å². The number of nitrogens with zero attached hydrogens (tertiary/aromatic N) is 2. The Labute approximate surface area is 126 Å². The summed E-state index contributed by atoms with van der Waals surface area (Å²) in [5, 5.41) is 0. The number of fused-ring (bicyclic) bond motifs is 2. The summed E-state index contributed by atoms with van der Waals surface area (Å²) in [5.41, 5.74) is 1.83. The van der Waals surface area contributed by atoms with Crippen LogP contribution in [-0.4, -0.2) is 27.1 Å². The highest BCUT2D eigenvalue weighted by Gasteiger charge is 2.33. The first-order valence-electron chi connectivity index (χ1n) is 7.15. The van der Waals surface area contributed by atoms with Crippen molar-refractivity contribution in [3.8, 4) is 5.75 Å². The molecule has 2 N–H and O–H groups in total. The van der Waals surface area contributed by atoms with Gasteiger partial charge in [0.2, 0.25) is 0 Å². The lowest BCUT2D eigenvalue weighted by Crippen LogP contribution is -2.45. The maximum atomic E-state index is 11.5. The second-order valence-electron chi connectivity index (χ2n) is 6.08. The molecule has 0 unspecified atom stereocenters. The van der Waals surface area contributed by atoms with Crippen LogP contribution >= 0.6 is 0 Å². The van der Waals surface area contributed by atoms with Crippen LogP contribution in [0.2, 0.25) is 0 Å². The lowest BCUT2D eigenvalue weighted by atomic mass is 10.0. The number of aromatic amines is 2. The summed E-state index contributed by atoms with van der Waals surface area (Å²) in [6.07, 6.45) is 1.77. The van der Waals surface area contributed by atoms with Gasteiger partial charge in [0.15, 0.2) is 0 Å². The van der Waals surface area contributed by atoms with Crippen LogP contribution in [0.5, 0.6) is 5.75 Å². The van der Waals surface area contributed by atoms with Crippen LogP contribution in [0.1, 0.15) is 13.8 Å². The van der Waals surface area contributed by atoms with Crippen LogP contribution in [0, 0.1) is 0 Å². The van der Waals surface area contributed by atoms with Crippen molar-refractivity contribution < 1.29 is 4.74 Å². The normalized spacial score (nSPS) is 16.4. The monoisotopic (exact) mass is 296 g/mol. The van der Waals surface area contributed by atoms with Crippen LogP contribution in [0.3, 0.4) is 0 Å². The Hall–Kier alpha value is -2.76. The van der Waals surface area contributed by atoms with Crippen LogP contribution in [0.25, 0.3) is 11.0 Å². The molecule has 0 fully saturated rings. The van der Waals surface area contributed by atoms with Crippen LogP contribution in [-0.2, 0) is 0 Å². The number of hydrogen-bond acceptors (Lipinski definition) is 4. The third-order valence-corrected chi connectivity index (χ3v) is 3.74. The van der Waals surface area contributed by atoms with Gasteiger partial charge in [-0.25, -0.2) is 9.78 Å². The summed E-state index contributed by atoms with van der Waals surface area (Å²) in [7, 11) is 0. The Morgan fingerprint density at radius 3 is 2.73 bits per heavy atom. The summed E-state index contributed by atoms with van der Waals surface area (Å²) in [6, 6.07) is 9.60. The third-order valence-electron chi connectivity index (χ3n) is 3.74. The molecule has 0 amide bonds. The highest BCUT2D eigenvalue weighted by Crippen LogP contribution is 2.41. The van der Waals surface area contributed by atoms with Gasteiger partial charge >= 0.3 is 5.69 Å². The van der Waals surface area contributed by atoms with E-state index in [4.69, 9.17) is 4.74 Å². The zero-order valence-electron chi connectivity index (χ0n) is 12.4. The Kier molecular flexibility index (Phi) is 2.57. The van der Waals surface area contributed by atoms with Gasteiger partial charge in [-0.2, -0.15) is 0 Å². The number of rotatable bonds is 1. The number of imidazole rings is 1. The molecule has 4 rings (SSSR count). The van der Waals surface area contributed by atoms with Crippen molar-refractivity contribution >= 4 is 22.5 Å². The number of nitrogens with one attached hydrogen (secondary N) is 2. The van der Waals surface area contributed by atoms with E-state index in [1.165, 1.54) is 0 Å². The second-order valence-corrected chi connectivity index (χ2v) is 6.08. The molecule has 2 aromatic heterocycles. The summed E-state index contributed by atoms with van der Waals surface area (Å²) in [5.74, 6) is 1.60. The summed E-state index contributed by atoms with van der Waals surface area (Å²) in [6.45, 7) is 4.75. The van der Waals surface area contributed by atoms with Crippen molar-refractivity contribution in [2.24, 2.45) is 0 Å². The Morgan fingerprint density at radius 2 is 2.00 bits per heavy atom. The van der Waals surface area contributed by atoms with Gasteiger partial charge in [0.1, 0.15) is 17.2 Å². The number of pyridine rings is 1. The first-order chi connectivity index (χ1) is 10.5. The predicted octanol–water partition coefficient (Wildman–Crippen LogP) is 2.56. The summed E-state index contributed by atoms with van der Waals surface area (Å²) >= 11 is 0. The molecule has 0 saturated carbocycles. The number of H-pyrrole nitrogens is 2. The van der Waals surface area contributed by atoms with Crippen molar-refractivity contribution in [1.82, 2.24) is 15.0 Å². The average Bonchev–Trinajstić information content (AvgIpc) is 2.83. The van der Waals surface area contributed by atoms with E-state index >= 15 is 0 Å². The molecule has 0 saturated heterocycles. The van der Waals surface area contributed by atoms with E-state index in [1.54, 1.807) is 6.20 Å². The average molecular weight is 296 g/mol. The third kappa shape index (κ3) is 2.04. The van der Waals surface area contributed by atoms with Crippen LogP contribution in [0.4, 0.5) is 11.5 Å². The SMILES string of the molecule is CC1(C)CN(c2ccccn2)c2cc3[nH]c(=O)[nH]c3cc2O1. The highest BCUT2D eigenvalue weighted by molar-refractivity contribution is 5.85. The lowest BCUT2D eigenvalue weighted by Gasteiger charge is -2.40. The highest BCUT2D eigenvalue weighted by atomic mass is 16.5. The fourth-order valence-corrected chi connectivity index (χ4v) is 2.86. The fourth-order valence-electron chi connectivity index (χ4n) is 2.86. The van der Waals surface area contributed by atoms with Gasteiger partial charge in [-0.05, 0) is 32.0 Å². The standard InChI is InChI=1S/C16H16N4O2/c1-16(2)9-20(14-5-3-4-6-17-14)12-7-10-11(8-13(12)22-16)19-15(21)18-10/h3-8H,9H2,1-2H3,(H2,18,19,21). The quantitative estimate of drug-likeness (QED) is 0.724. The molecule has 3 heterocycles. The first kappa shape index (κ1) is 12.9. The van der Waals surface area contributed by atoms with E-state index in [1.807, 2.05) is 44.2 Å². The van der Waals surface area contributed by atoms with E-state index < -0.39 is 0 Å². The Balaban J connectivity index is 1.94.